The van der Waals surface area contributed by atoms with Gasteiger partial charge in [-0.1, -0.05) is 115 Å². The second kappa shape index (κ2) is 25.0. The lowest BCUT2D eigenvalue weighted by atomic mass is 10.0. The second-order valence-corrected chi connectivity index (χ2v) is 11.2. The molecule has 2 rings (SSSR count). The van der Waals surface area contributed by atoms with Crippen LogP contribution in [0.2, 0.25) is 0 Å². The number of unbranched alkanes of at least 4 members (excludes halogenated alkanes) is 14. The third kappa shape index (κ3) is 18.1. The molecule has 0 N–H and O–H groups in total. The zero-order valence-electron chi connectivity index (χ0n) is 26.8. The van der Waals surface area contributed by atoms with Gasteiger partial charge >= 0.3 is 0 Å². The van der Waals surface area contributed by atoms with E-state index in [-0.39, 0.29) is 6.10 Å². The fourth-order valence-corrected chi connectivity index (χ4v) is 4.87. The lowest BCUT2D eigenvalue weighted by molar-refractivity contribution is -0.0561. The molecule has 0 bridgehead atoms. The largest absolute Gasteiger partial charge is 0.499 e. The van der Waals surface area contributed by atoms with Crippen LogP contribution in [-0.2, 0) is 27.4 Å². The summed E-state index contributed by atoms with van der Waals surface area (Å²) in [6.45, 7) is 4.20. The number of allylic oxidation sites excluding steroid dienone is 1. The molecule has 236 valence electrons. The molecule has 2 aromatic rings. The Bertz CT molecular complexity index is 893. The van der Waals surface area contributed by atoms with Crippen LogP contribution < -0.4 is 9.47 Å². The Morgan fingerprint density at radius 2 is 1.05 bits per heavy atom. The summed E-state index contributed by atoms with van der Waals surface area (Å²) in [5.74, 6) is 1.68. The van der Waals surface area contributed by atoms with Gasteiger partial charge in [-0.15, -0.1) is 0 Å². The number of hydrogen-bond donors (Lipinski definition) is 0. The van der Waals surface area contributed by atoms with Crippen LogP contribution in [0, 0.1) is 0 Å². The molecule has 0 spiro atoms. The maximum absolute atomic E-state index is 6.16. The predicted molar refractivity (Wildman–Crippen MR) is 174 cm³/mol. The summed E-state index contributed by atoms with van der Waals surface area (Å²) in [5, 5.41) is 0. The Balaban J connectivity index is 1.56. The van der Waals surface area contributed by atoms with Crippen LogP contribution in [0.25, 0.3) is 0 Å². The summed E-state index contributed by atoms with van der Waals surface area (Å²) in [5.41, 5.74) is 2.18. The fourth-order valence-electron chi connectivity index (χ4n) is 4.87. The SMILES string of the molecule is CCCCCCCCCCCCCCCC/C=C/OC[C@H](COCc1ccc(OC)cc1)OCc1ccc(OC)cc1. The van der Waals surface area contributed by atoms with Gasteiger partial charge in [-0.3, -0.25) is 0 Å². The molecular weight excluding hydrogens is 524 g/mol. The van der Waals surface area contributed by atoms with Crippen molar-refractivity contribution >= 4 is 0 Å². The zero-order chi connectivity index (χ0) is 29.9. The number of rotatable bonds is 27. The average molecular weight is 583 g/mol. The third-order valence-corrected chi connectivity index (χ3v) is 7.58. The average Bonchev–Trinajstić information content (AvgIpc) is 3.03. The number of hydrogen-bond acceptors (Lipinski definition) is 5. The summed E-state index contributed by atoms with van der Waals surface area (Å²) in [6, 6.07) is 15.9. The first-order chi connectivity index (χ1) is 20.7. The van der Waals surface area contributed by atoms with Crippen molar-refractivity contribution in [2.45, 2.75) is 123 Å². The molecular formula is C37H58O5. The highest BCUT2D eigenvalue weighted by molar-refractivity contribution is 5.27. The number of ether oxygens (including phenoxy) is 5. The number of benzene rings is 2. The standard InChI is InChI=1S/C37H58O5/c1-4-5-6-7-8-9-10-11-12-13-14-15-16-17-18-19-28-40-31-37(42-30-34-22-26-36(39-3)27-23-34)32-41-29-33-20-24-35(38-2)25-21-33/h19-28,37H,4-18,29-32H2,1-3H3/b28-19+/t37-/m1/s1. The molecule has 5 nitrogen and oxygen atoms in total. The molecule has 42 heavy (non-hydrogen) atoms. The molecule has 0 amide bonds. The van der Waals surface area contributed by atoms with Gasteiger partial charge in [0.05, 0.1) is 40.3 Å². The van der Waals surface area contributed by atoms with E-state index >= 15 is 0 Å². The van der Waals surface area contributed by atoms with E-state index in [1.807, 2.05) is 54.8 Å². The smallest absolute Gasteiger partial charge is 0.118 e. The van der Waals surface area contributed by atoms with Gasteiger partial charge in [0, 0.05) is 0 Å². The van der Waals surface area contributed by atoms with E-state index in [1.54, 1.807) is 14.2 Å². The summed E-state index contributed by atoms with van der Waals surface area (Å²) >= 11 is 0. The zero-order valence-corrected chi connectivity index (χ0v) is 26.8. The molecule has 0 aliphatic rings. The maximum atomic E-state index is 6.16. The minimum absolute atomic E-state index is 0.170. The molecule has 2 aromatic carbocycles. The normalized spacial score (nSPS) is 12.1. The Hall–Kier alpha value is -2.50. The molecule has 0 saturated heterocycles. The van der Waals surface area contributed by atoms with Crippen LogP contribution in [0.4, 0.5) is 0 Å². The first kappa shape index (κ1) is 35.7. The van der Waals surface area contributed by atoms with Gasteiger partial charge in [0.1, 0.15) is 24.2 Å². The van der Waals surface area contributed by atoms with Gasteiger partial charge in [-0.25, -0.2) is 0 Å². The Morgan fingerprint density at radius 1 is 0.571 bits per heavy atom. The van der Waals surface area contributed by atoms with Gasteiger partial charge in [-0.05, 0) is 54.3 Å². The first-order valence-electron chi connectivity index (χ1n) is 16.5. The van der Waals surface area contributed by atoms with Gasteiger partial charge in [0.25, 0.3) is 0 Å². The van der Waals surface area contributed by atoms with Gasteiger partial charge in [0.15, 0.2) is 0 Å². The summed E-state index contributed by atoms with van der Waals surface area (Å²) < 4.78 is 28.5. The van der Waals surface area contributed by atoms with Crippen LogP contribution in [0.1, 0.15) is 114 Å². The summed E-state index contributed by atoms with van der Waals surface area (Å²) in [7, 11) is 3.34. The maximum Gasteiger partial charge on any atom is 0.118 e. The lowest BCUT2D eigenvalue weighted by Gasteiger charge is -2.18. The predicted octanol–water partition coefficient (Wildman–Crippen LogP) is 10.2. The Kier molecular flexibility index (Phi) is 21.3. The molecule has 0 unspecified atom stereocenters. The van der Waals surface area contributed by atoms with Crippen molar-refractivity contribution in [3.63, 3.8) is 0 Å². The molecule has 0 aliphatic heterocycles. The van der Waals surface area contributed by atoms with E-state index in [1.165, 1.54) is 89.9 Å². The molecule has 0 fully saturated rings. The van der Waals surface area contributed by atoms with Crippen molar-refractivity contribution in [1.82, 2.24) is 0 Å². The minimum Gasteiger partial charge on any atom is -0.499 e. The van der Waals surface area contributed by atoms with Gasteiger partial charge < -0.3 is 23.7 Å². The van der Waals surface area contributed by atoms with Crippen LogP contribution in [0.3, 0.4) is 0 Å². The van der Waals surface area contributed by atoms with E-state index in [0.29, 0.717) is 26.4 Å². The monoisotopic (exact) mass is 582 g/mol. The molecule has 0 aliphatic carbocycles. The Morgan fingerprint density at radius 3 is 1.55 bits per heavy atom. The number of methoxy groups -OCH3 is 2. The molecule has 1 atom stereocenters. The Labute approximate surface area is 256 Å². The van der Waals surface area contributed by atoms with Crippen molar-refractivity contribution in [3.8, 4) is 11.5 Å². The molecule has 0 radical (unpaired) electrons. The fraction of sp³-hybridized carbons (Fsp3) is 0.622. The van der Waals surface area contributed by atoms with Crippen LogP contribution in [0.15, 0.2) is 60.9 Å². The van der Waals surface area contributed by atoms with Crippen LogP contribution >= 0.6 is 0 Å². The van der Waals surface area contributed by atoms with Crippen LogP contribution in [-0.4, -0.2) is 33.5 Å². The molecule has 0 heterocycles. The first-order valence-corrected chi connectivity index (χ1v) is 16.5. The molecule has 0 aromatic heterocycles. The van der Waals surface area contributed by atoms with Crippen molar-refractivity contribution in [2.24, 2.45) is 0 Å². The van der Waals surface area contributed by atoms with Crippen molar-refractivity contribution in [2.75, 3.05) is 27.4 Å². The van der Waals surface area contributed by atoms with Crippen molar-refractivity contribution in [3.05, 3.63) is 72.0 Å². The second-order valence-electron chi connectivity index (χ2n) is 11.2. The van der Waals surface area contributed by atoms with Crippen molar-refractivity contribution < 1.29 is 23.7 Å². The highest BCUT2D eigenvalue weighted by Crippen LogP contribution is 2.16. The topological polar surface area (TPSA) is 46.2 Å². The molecule has 0 saturated carbocycles. The van der Waals surface area contributed by atoms with Crippen molar-refractivity contribution in [1.29, 1.82) is 0 Å². The van der Waals surface area contributed by atoms with E-state index in [0.717, 1.165) is 29.0 Å². The summed E-state index contributed by atoms with van der Waals surface area (Å²) in [4.78, 5) is 0. The minimum atomic E-state index is -0.170. The van der Waals surface area contributed by atoms with E-state index < -0.39 is 0 Å². The van der Waals surface area contributed by atoms with Gasteiger partial charge in [-0.2, -0.15) is 0 Å². The van der Waals surface area contributed by atoms with Gasteiger partial charge in [0.2, 0.25) is 0 Å². The van der Waals surface area contributed by atoms with Crippen LogP contribution in [0.5, 0.6) is 11.5 Å². The van der Waals surface area contributed by atoms with E-state index in [2.05, 4.69) is 13.0 Å². The lowest BCUT2D eigenvalue weighted by Crippen LogP contribution is -2.25. The highest BCUT2D eigenvalue weighted by Gasteiger charge is 2.11. The van der Waals surface area contributed by atoms with E-state index in [4.69, 9.17) is 23.7 Å². The third-order valence-electron chi connectivity index (χ3n) is 7.58. The molecule has 5 heteroatoms. The quantitative estimate of drug-likeness (QED) is 0.0774. The summed E-state index contributed by atoms with van der Waals surface area (Å²) in [6.07, 6.45) is 24.2. The highest BCUT2D eigenvalue weighted by atomic mass is 16.6. The van der Waals surface area contributed by atoms with E-state index in [9.17, 15) is 0 Å².